The Labute approximate surface area is 94.4 Å². The number of nitrogens with zero attached hydrogens (tertiary/aromatic N) is 1. The molecule has 2 saturated heterocycles. The second-order valence-electron chi connectivity index (χ2n) is 5.21. The molecule has 0 spiro atoms. The van der Waals surface area contributed by atoms with Gasteiger partial charge in [0.25, 0.3) is 0 Å². The molecule has 2 rings (SSSR count). The molecule has 2 fully saturated rings. The third kappa shape index (κ3) is 2.94. The van der Waals surface area contributed by atoms with Gasteiger partial charge in [0.2, 0.25) is 0 Å². The average molecular weight is 210 g/mol. The van der Waals surface area contributed by atoms with Gasteiger partial charge in [-0.25, -0.2) is 0 Å². The van der Waals surface area contributed by atoms with Crippen LogP contribution in [-0.4, -0.2) is 37.1 Å². The van der Waals surface area contributed by atoms with Crippen LogP contribution in [0.5, 0.6) is 0 Å². The van der Waals surface area contributed by atoms with E-state index >= 15 is 0 Å². The predicted octanol–water partition coefficient (Wildman–Crippen LogP) is 2.25. The summed E-state index contributed by atoms with van der Waals surface area (Å²) >= 11 is 0. The molecule has 2 nitrogen and oxygen atoms in total. The van der Waals surface area contributed by atoms with Gasteiger partial charge >= 0.3 is 0 Å². The molecule has 2 aliphatic rings. The third-order valence-electron chi connectivity index (χ3n) is 4.09. The predicted molar refractivity (Wildman–Crippen MR) is 65.1 cm³/mol. The topological polar surface area (TPSA) is 15.3 Å². The first-order valence-corrected chi connectivity index (χ1v) is 6.86. The molecule has 0 bridgehead atoms. The zero-order valence-electron chi connectivity index (χ0n) is 10.2. The van der Waals surface area contributed by atoms with Gasteiger partial charge in [-0.3, -0.25) is 0 Å². The van der Waals surface area contributed by atoms with Crippen molar-refractivity contribution in [2.45, 2.75) is 51.5 Å². The molecule has 2 unspecified atom stereocenters. The number of unbranched alkanes of at least 4 members (excludes halogenated alkanes) is 1. The number of rotatable bonds is 4. The van der Waals surface area contributed by atoms with Crippen molar-refractivity contribution in [2.75, 3.05) is 26.2 Å². The van der Waals surface area contributed by atoms with Crippen LogP contribution in [0.2, 0.25) is 0 Å². The SMILES string of the molecule is CCCCN1CCCC1C1CCCNC1. The highest BCUT2D eigenvalue weighted by atomic mass is 15.2. The molecule has 0 amide bonds. The Kier molecular flexibility index (Phi) is 4.45. The van der Waals surface area contributed by atoms with Gasteiger partial charge in [0.1, 0.15) is 0 Å². The van der Waals surface area contributed by atoms with Crippen LogP contribution in [-0.2, 0) is 0 Å². The second-order valence-corrected chi connectivity index (χ2v) is 5.21. The quantitative estimate of drug-likeness (QED) is 0.765. The fraction of sp³-hybridized carbons (Fsp3) is 1.00. The monoisotopic (exact) mass is 210 g/mol. The van der Waals surface area contributed by atoms with Crippen molar-refractivity contribution >= 4 is 0 Å². The number of likely N-dealkylation sites (tertiary alicyclic amines) is 1. The Morgan fingerprint density at radius 2 is 2.20 bits per heavy atom. The third-order valence-corrected chi connectivity index (χ3v) is 4.09. The average Bonchev–Trinajstić information content (AvgIpc) is 2.75. The van der Waals surface area contributed by atoms with Crippen molar-refractivity contribution in [3.63, 3.8) is 0 Å². The van der Waals surface area contributed by atoms with Crippen LogP contribution in [0.15, 0.2) is 0 Å². The van der Waals surface area contributed by atoms with Gasteiger partial charge in [-0.15, -0.1) is 0 Å². The molecule has 0 saturated carbocycles. The van der Waals surface area contributed by atoms with Crippen molar-refractivity contribution in [1.82, 2.24) is 10.2 Å². The van der Waals surface area contributed by atoms with Crippen LogP contribution < -0.4 is 5.32 Å². The van der Waals surface area contributed by atoms with Crippen molar-refractivity contribution in [3.05, 3.63) is 0 Å². The van der Waals surface area contributed by atoms with Gasteiger partial charge in [0.05, 0.1) is 0 Å². The molecule has 0 aromatic rings. The summed E-state index contributed by atoms with van der Waals surface area (Å²) in [5.74, 6) is 0.943. The Bertz CT molecular complexity index is 175. The van der Waals surface area contributed by atoms with E-state index in [4.69, 9.17) is 0 Å². The lowest BCUT2D eigenvalue weighted by molar-refractivity contribution is 0.164. The van der Waals surface area contributed by atoms with E-state index in [1.165, 1.54) is 64.7 Å². The van der Waals surface area contributed by atoms with E-state index in [1.807, 2.05) is 0 Å². The molecule has 0 radical (unpaired) electrons. The summed E-state index contributed by atoms with van der Waals surface area (Å²) in [5, 5.41) is 3.56. The van der Waals surface area contributed by atoms with E-state index in [1.54, 1.807) is 0 Å². The first kappa shape index (κ1) is 11.4. The minimum Gasteiger partial charge on any atom is -0.316 e. The molecule has 1 N–H and O–H groups in total. The summed E-state index contributed by atoms with van der Waals surface area (Å²) in [5.41, 5.74) is 0. The Hall–Kier alpha value is -0.0800. The Morgan fingerprint density at radius 1 is 1.27 bits per heavy atom. The van der Waals surface area contributed by atoms with E-state index in [9.17, 15) is 0 Å². The number of piperidine rings is 1. The Morgan fingerprint density at radius 3 is 2.93 bits per heavy atom. The number of nitrogens with one attached hydrogen (secondary N) is 1. The first-order chi connectivity index (χ1) is 7.42. The summed E-state index contributed by atoms with van der Waals surface area (Å²) in [6.45, 7) is 7.53. The zero-order chi connectivity index (χ0) is 10.5. The van der Waals surface area contributed by atoms with E-state index in [2.05, 4.69) is 17.1 Å². The fourth-order valence-corrected chi connectivity index (χ4v) is 3.23. The van der Waals surface area contributed by atoms with Crippen LogP contribution in [0, 0.1) is 5.92 Å². The molecule has 88 valence electrons. The minimum absolute atomic E-state index is 0.907. The van der Waals surface area contributed by atoms with E-state index < -0.39 is 0 Å². The highest BCUT2D eigenvalue weighted by molar-refractivity contribution is 4.87. The standard InChI is InChI=1S/C13H26N2/c1-2-3-9-15-10-5-7-13(15)12-6-4-8-14-11-12/h12-14H,2-11H2,1H3. The van der Waals surface area contributed by atoms with Crippen LogP contribution >= 0.6 is 0 Å². The molecule has 2 aliphatic heterocycles. The van der Waals surface area contributed by atoms with Crippen LogP contribution in [0.25, 0.3) is 0 Å². The molecule has 2 atom stereocenters. The highest BCUT2D eigenvalue weighted by Crippen LogP contribution is 2.28. The number of hydrogen-bond acceptors (Lipinski definition) is 2. The zero-order valence-corrected chi connectivity index (χ0v) is 10.2. The van der Waals surface area contributed by atoms with Crippen LogP contribution in [0.4, 0.5) is 0 Å². The van der Waals surface area contributed by atoms with E-state index in [0.717, 1.165) is 12.0 Å². The molecular weight excluding hydrogens is 184 g/mol. The normalized spacial score (nSPS) is 33.4. The maximum atomic E-state index is 3.56. The number of hydrogen-bond donors (Lipinski definition) is 1. The summed E-state index contributed by atoms with van der Waals surface area (Å²) in [6.07, 6.45) is 8.47. The van der Waals surface area contributed by atoms with Gasteiger partial charge in [0.15, 0.2) is 0 Å². The molecular formula is C13H26N2. The van der Waals surface area contributed by atoms with Gasteiger partial charge in [-0.1, -0.05) is 13.3 Å². The van der Waals surface area contributed by atoms with Gasteiger partial charge < -0.3 is 10.2 Å². The highest BCUT2D eigenvalue weighted by Gasteiger charge is 2.31. The molecule has 0 aromatic heterocycles. The minimum atomic E-state index is 0.907. The lowest BCUT2D eigenvalue weighted by Gasteiger charge is -2.34. The van der Waals surface area contributed by atoms with Crippen molar-refractivity contribution in [3.8, 4) is 0 Å². The summed E-state index contributed by atoms with van der Waals surface area (Å²) in [6, 6.07) is 0.907. The second kappa shape index (κ2) is 5.86. The van der Waals surface area contributed by atoms with E-state index in [-0.39, 0.29) is 0 Å². The largest absolute Gasteiger partial charge is 0.316 e. The molecule has 0 aromatic carbocycles. The maximum Gasteiger partial charge on any atom is 0.0136 e. The first-order valence-electron chi connectivity index (χ1n) is 6.86. The van der Waals surface area contributed by atoms with Crippen molar-refractivity contribution < 1.29 is 0 Å². The molecule has 15 heavy (non-hydrogen) atoms. The van der Waals surface area contributed by atoms with Gasteiger partial charge in [-0.2, -0.15) is 0 Å². The lowest BCUT2D eigenvalue weighted by Crippen LogP contribution is -2.43. The summed E-state index contributed by atoms with van der Waals surface area (Å²) in [4.78, 5) is 2.77. The molecule has 0 aliphatic carbocycles. The van der Waals surface area contributed by atoms with Crippen LogP contribution in [0.1, 0.15) is 45.4 Å². The fourth-order valence-electron chi connectivity index (χ4n) is 3.23. The van der Waals surface area contributed by atoms with E-state index in [0.29, 0.717) is 0 Å². The maximum absolute atomic E-state index is 3.56. The van der Waals surface area contributed by atoms with Crippen molar-refractivity contribution in [2.24, 2.45) is 5.92 Å². The van der Waals surface area contributed by atoms with Crippen LogP contribution in [0.3, 0.4) is 0 Å². The lowest BCUT2D eigenvalue weighted by atomic mass is 9.90. The van der Waals surface area contributed by atoms with Gasteiger partial charge in [0, 0.05) is 6.04 Å². The Balaban J connectivity index is 1.82. The smallest absolute Gasteiger partial charge is 0.0136 e. The molecule has 2 heterocycles. The van der Waals surface area contributed by atoms with Gasteiger partial charge in [-0.05, 0) is 64.2 Å². The van der Waals surface area contributed by atoms with Crippen molar-refractivity contribution in [1.29, 1.82) is 0 Å². The summed E-state index contributed by atoms with van der Waals surface area (Å²) in [7, 11) is 0. The summed E-state index contributed by atoms with van der Waals surface area (Å²) < 4.78 is 0. The molecule has 2 heteroatoms.